The molecule has 0 aliphatic carbocycles. The fraction of sp³-hybridized carbons (Fsp3) is 0.316. The molecule has 0 spiro atoms. The number of anilines is 1. The van der Waals surface area contributed by atoms with E-state index in [2.05, 4.69) is 5.32 Å². The number of nitrogens with one attached hydrogen (secondary N) is 1. The number of amides is 1. The number of nitrogens with zero attached hydrogens (tertiary/aromatic N) is 1. The summed E-state index contributed by atoms with van der Waals surface area (Å²) in [7, 11) is 0.650. The lowest BCUT2D eigenvalue weighted by molar-refractivity contribution is 0.0953. The summed E-state index contributed by atoms with van der Waals surface area (Å²) >= 11 is 0. The number of sulfone groups is 1. The van der Waals surface area contributed by atoms with E-state index in [1.54, 1.807) is 18.2 Å². The van der Waals surface area contributed by atoms with Crippen molar-refractivity contribution in [1.82, 2.24) is 5.32 Å². The van der Waals surface area contributed by atoms with Crippen LogP contribution >= 0.6 is 0 Å². The van der Waals surface area contributed by atoms with Gasteiger partial charge in [-0.3, -0.25) is 4.79 Å². The molecule has 0 radical (unpaired) electrons. The summed E-state index contributed by atoms with van der Waals surface area (Å²) in [6.45, 7) is 0.332. The first-order chi connectivity index (χ1) is 11.9. The smallest absolute Gasteiger partial charge is 0.251 e. The predicted octanol–water partition coefficient (Wildman–Crippen LogP) is 2.49. The molecule has 0 saturated carbocycles. The number of hydrogen-bond acceptors (Lipinski definition) is 4. The molecule has 2 rings (SSSR count). The predicted molar refractivity (Wildman–Crippen MR) is 102 cm³/mol. The maximum Gasteiger partial charge on any atom is 0.251 e. The topological polar surface area (TPSA) is 66.5 Å². The van der Waals surface area contributed by atoms with E-state index in [4.69, 9.17) is 0 Å². The highest BCUT2D eigenvalue weighted by molar-refractivity contribution is 7.90. The van der Waals surface area contributed by atoms with Crippen molar-refractivity contribution in [3.63, 3.8) is 0 Å². The monoisotopic (exact) mass is 360 g/mol. The minimum Gasteiger partial charge on any atom is -0.378 e. The van der Waals surface area contributed by atoms with E-state index in [1.807, 2.05) is 55.4 Å². The summed E-state index contributed by atoms with van der Waals surface area (Å²) in [6, 6.07) is 16.4. The van der Waals surface area contributed by atoms with Gasteiger partial charge in [-0.05, 0) is 30.2 Å². The van der Waals surface area contributed by atoms with Crippen molar-refractivity contribution in [3.05, 3.63) is 65.7 Å². The average molecular weight is 360 g/mol. The molecule has 0 fully saturated rings. The van der Waals surface area contributed by atoms with Crippen molar-refractivity contribution in [3.8, 4) is 0 Å². The molecular weight excluding hydrogens is 336 g/mol. The van der Waals surface area contributed by atoms with Crippen LogP contribution in [0.25, 0.3) is 0 Å². The Morgan fingerprint density at radius 2 is 1.76 bits per heavy atom. The third-order valence-electron chi connectivity index (χ3n) is 3.77. The molecule has 25 heavy (non-hydrogen) atoms. The molecule has 0 aromatic heterocycles. The van der Waals surface area contributed by atoms with E-state index in [1.165, 1.54) is 0 Å². The van der Waals surface area contributed by atoms with Gasteiger partial charge in [-0.25, -0.2) is 8.42 Å². The third-order valence-corrected chi connectivity index (χ3v) is 5.46. The van der Waals surface area contributed by atoms with E-state index in [0.717, 1.165) is 11.3 Å². The highest BCUT2D eigenvalue weighted by Crippen LogP contribution is 2.13. The van der Waals surface area contributed by atoms with E-state index in [0.29, 0.717) is 18.5 Å². The van der Waals surface area contributed by atoms with Gasteiger partial charge in [-0.1, -0.05) is 36.4 Å². The molecule has 0 aliphatic rings. The van der Waals surface area contributed by atoms with Crippen molar-refractivity contribution in [2.45, 2.75) is 12.2 Å². The number of carbonyl (C=O) groups excluding carboxylic acids is 1. The third kappa shape index (κ3) is 6.23. The number of rotatable bonds is 8. The van der Waals surface area contributed by atoms with Crippen LogP contribution in [0.1, 0.15) is 22.3 Å². The molecule has 0 atom stereocenters. The Labute approximate surface area is 149 Å². The van der Waals surface area contributed by atoms with Crippen molar-refractivity contribution in [1.29, 1.82) is 0 Å². The summed E-state index contributed by atoms with van der Waals surface area (Å²) in [5.74, 6) is -0.101. The summed E-state index contributed by atoms with van der Waals surface area (Å²) < 4.78 is 24.2. The van der Waals surface area contributed by atoms with Gasteiger partial charge in [0.2, 0.25) is 0 Å². The lowest BCUT2D eigenvalue weighted by Crippen LogP contribution is -2.26. The van der Waals surface area contributed by atoms with Gasteiger partial charge in [-0.15, -0.1) is 0 Å². The second kappa shape index (κ2) is 8.67. The lowest BCUT2D eigenvalue weighted by Gasteiger charge is -2.13. The molecule has 134 valence electrons. The van der Waals surface area contributed by atoms with E-state index >= 15 is 0 Å². The highest BCUT2D eigenvalue weighted by Gasteiger charge is 2.12. The molecule has 5 nitrogen and oxygen atoms in total. The van der Waals surface area contributed by atoms with Gasteiger partial charge in [0.25, 0.3) is 5.91 Å². The van der Waals surface area contributed by atoms with Crippen molar-refractivity contribution in [2.75, 3.05) is 31.3 Å². The van der Waals surface area contributed by atoms with Gasteiger partial charge in [0.1, 0.15) is 0 Å². The summed E-state index contributed by atoms with van der Waals surface area (Å²) in [4.78, 5) is 14.1. The molecule has 0 bridgehead atoms. The number of benzene rings is 2. The molecule has 0 heterocycles. The largest absolute Gasteiger partial charge is 0.378 e. The van der Waals surface area contributed by atoms with Gasteiger partial charge < -0.3 is 10.2 Å². The first-order valence-electron chi connectivity index (χ1n) is 8.17. The quantitative estimate of drug-likeness (QED) is 0.735. The van der Waals surface area contributed by atoms with Crippen LogP contribution < -0.4 is 10.2 Å². The molecule has 1 N–H and O–H groups in total. The number of carbonyl (C=O) groups is 1. The van der Waals surface area contributed by atoms with Crippen LogP contribution in [-0.2, 0) is 15.6 Å². The summed E-state index contributed by atoms with van der Waals surface area (Å²) in [6.07, 6.45) is 0.397. The maximum atomic E-state index is 12.2. The molecule has 0 saturated heterocycles. The van der Waals surface area contributed by atoms with Crippen LogP contribution in [0.15, 0.2) is 54.6 Å². The van der Waals surface area contributed by atoms with Crippen molar-refractivity contribution < 1.29 is 13.2 Å². The zero-order valence-corrected chi connectivity index (χ0v) is 15.4. The highest BCUT2D eigenvalue weighted by atomic mass is 32.2. The van der Waals surface area contributed by atoms with Gasteiger partial charge in [0.15, 0.2) is 9.84 Å². The van der Waals surface area contributed by atoms with Gasteiger partial charge in [-0.2, -0.15) is 0 Å². The number of hydrogen-bond donors (Lipinski definition) is 1. The molecule has 0 aliphatic heterocycles. The Balaban J connectivity index is 1.80. The van der Waals surface area contributed by atoms with Crippen molar-refractivity contribution >= 4 is 21.4 Å². The van der Waals surface area contributed by atoms with Crippen molar-refractivity contribution in [2.24, 2.45) is 0 Å². The maximum absolute atomic E-state index is 12.2. The van der Waals surface area contributed by atoms with Crippen LogP contribution in [-0.4, -0.2) is 40.7 Å². The Hall–Kier alpha value is -2.34. The Bertz CT molecular complexity index is 802. The summed E-state index contributed by atoms with van der Waals surface area (Å²) in [5, 5.41) is 2.78. The fourth-order valence-electron chi connectivity index (χ4n) is 2.42. The van der Waals surface area contributed by atoms with Gasteiger partial charge >= 0.3 is 0 Å². The SMILES string of the molecule is CN(C)c1cccc(C(=O)NCCCS(=O)(=O)Cc2ccccc2)c1. The lowest BCUT2D eigenvalue weighted by atomic mass is 10.2. The minimum absolute atomic E-state index is 0.0344. The molecular formula is C19H24N2O3S. The summed E-state index contributed by atoms with van der Waals surface area (Å²) in [5.41, 5.74) is 2.29. The van der Waals surface area contributed by atoms with Gasteiger partial charge in [0, 0.05) is 31.9 Å². The second-order valence-electron chi connectivity index (χ2n) is 6.13. The zero-order chi connectivity index (χ0) is 18.3. The first kappa shape index (κ1) is 19.0. The van der Waals surface area contributed by atoms with Crippen LogP contribution in [0.3, 0.4) is 0 Å². The van der Waals surface area contributed by atoms with Crippen LogP contribution in [0.5, 0.6) is 0 Å². The standard InChI is InChI=1S/C19H24N2O3S/c1-21(2)18-11-6-10-17(14-18)19(22)20-12-7-13-25(23,24)15-16-8-4-3-5-9-16/h3-6,8-11,14H,7,12-13,15H2,1-2H3,(H,20,22). The molecule has 2 aromatic carbocycles. The van der Waals surface area contributed by atoms with E-state index < -0.39 is 9.84 Å². The Morgan fingerprint density at radius 1 is 1.04 bits per heavy atom. The molecule has 6 heteroatoms. The average Bonchev–Trinajstić information content (AvgIpc) is 2.59. The molecule has 1 amide bonds. The van der Waals surface area contributed by atoms with Gasteiger partial charge in [0.05, 0.1) is 11.5 Å². The first-order valence-corrected chi connectivity index (χ1v) is 9.99. The second-order valence-corrected chi connectivity index (χ2v) is 8.32. The van der Waals surface area contributed by atoms with E-state index in [-0.39, 0.29) is 17.4 Å². The Morgan fingerprint density at radius 3 is 2.44 bits per heavy atom. The zero-order valence-electron chi connectivity index (χ0n) is 14.6. The van der Waals surface area contributed by atoms with Crippen LogP contribution in [0, 0.1) is 0 Å². The van der Waals surface area contributed by atoms with Crippen LogP contribution in [0.4, 0.5) is 5.69 Å². The molecule has 2 aromatic rings. The normalized spacial score (nSPS) is 11.1. The van der Waals surface area contributed by atoms with Crippen LogP contribution in [0.2, 0.25) is 0 Å². The minimum atomic E-state index is -3.17. The Kier molecular flexibility index (Phi) is 6.58. The molecule has 0 unspecified atom stereocenters. The van der Waals surface area contributed by atoms with E-state index in [9.17, 15) is 13.2 Å². The fourth-order valence-corrected chi connectivity index (χ4v) is 3.85.